The van der Waals surface area contributed by atoms with Crippen molar-refractivity contribution in [2.75, 3.05) is 13.1 Å². The quantitative estimate of drug-likeness (QED) is 0.522. The number of likely N-dealkylation sites (tertiary alicyclic amines) is 1. The van der Waals surface area contributed by atoms with E-state index in [1.165, 1.54) is 5.56 Å². The van der Waals surface area contributed by atoms with Gasteiger partial charge in [-0.25, -0.2) is 0 Å². The molecule has 0 spiro atoms. The maximum absolute atomic E-state index is 6.44. The standard InChI is InChI=1S/C23H23N5O/c1-2-8-22(28-25-12-13-26-28)19(5-1)16-27-14-4-7-20(17-27)29-23-9-3-6-18-15-24-11-10-21(18)23/h1-3,5-6,8-13,15,20H,4,7,14,16-17H2. The second-order valence-electron chi connectivity index (χ2n) is 7.42. The van der Waals surface area contributed by atoms with E-state index in [1.54, 1.807) is 17.2 Å². The van der Waals surface area contributed by atoms with Gasteiger partial charge in [0.05, 0.1) is 18.1 Å². The van der Waals surface area contributed by atoms with Crippen LogP contribution in [0, 0.1) is 0 Å². The summed E-state index contributed by atoms with van der Waals surface area (Å²) in [6, 6.07) is 16.5. The third-order valence-electron chi connectivity index (χ3n) is 5.42. The average molecular weight is 385 g/mol. The van der Waals surface area contributed by atoms with Crippen LogP contribution < -0.4 is 4.74 Å². The first-order chi connectivity index (χ1) is 14.4. The van der Waals surface area contributed by atoms with Crippen molar-refractivity contribution in [2.24, 2.45) is 0 Å². The molecule has 1 fully saturated rings. The Morgan fingerprint density at radius 3 is 2.79 bits per heavy atom. The number of nitrogens with zero attached hydrogens (tertiary/aromatic N) is 5. The van der Waals surface area contributed by atoms with Crippen LogP contribution in [0.3, 0.4) is 0 Å². The molecule has 1 saturated heterocycles. The number of aromatic nitrogens is 4. The molecule has 0 saturated carbocycles. The van der Waals surface area contributed by atoms with Crippen molar-refractivity contribution in [3.05, 3.63) is 78.9 Å². The molecule has 0 bridgehead atoms. The Labute approximate surface area is 169 Å². The summed E-state index contributed by atoms with van der Waals surface area (Å²) in [5, 5.41) is 10.8. The number of piperidine rings is 1. The van der Waals surface area contributed by atoms with E-state index in [-0.39, 0.29) is 6.10 Å². The highest BCUT2D eigenvalue weighted by atomic mass is 16.5. The molecule has 1 unspecified atom stereocenters. The zero-order valence-electron chi connectivity index (χ0n) is 16.2. The second-order valence-corrected chi connectivity index (χ2v) is 7.42. The maximum Gasteiger partial charge on any atom is 0.127 e. The highest BCUT2D eigenvalue weighted by Crippen LogP contribution is 2.28. The fraction of sp³-hybridized carbons (Fsp3) is 0.261. The van der Waals surface area contributed by atoms with Crippen LogP contribution in [0.1, 0.15) is 18.4 Å². The molecule has 29 heavy (non-hydrogen) atoms. The summed E-state index contributed by atoms with van der Waals surface area (Å²) in [6.07, 6.45) is 9.50. The minimum absolute atomic E-state index is 0.178. The van der Waals surface area contributed by atoms with Gasteiger partial charge in [0.15, 0.2) is 0 Å². The topological polar surface area (TPSA) is 56.1 Å². The van der Waals surface area contributed by atoms with Crippen LogP contribution in [0.2, 0.25) is 0 Å². The first-order valence-corrected chi connectivity index (χ1v) is 10.0. The van der Waals surface area contributed by atoms with Gasteiger partial charge >= 0.3 is 0 Å². The molecule has 5 rings (SSSR count). The van der Waals surface area contributed by atoms with Crippen molar-refractivity contribution < 1.29 is 4.74 Å². The van der Waals surface area contributed by atoms with Crippen molar-refractivity contribution in [1.82, 2.24) is 24.9 Å². The lowest BCUT2D eigenvalue weighted by Gasteiger charge is -2.33. The molecule has 146 valence electrons. The summed E-state index contributed by atoms with van der Waals surface area (Å²) < 4.78 is 6.44. The summed E-state index contributed by atoms with van der Waals surface area (Å²) in [7, 11) is 0. The van der Waals surface area contributed by atoms with E-state index in [1.807, 2.05) is 30.6 Å². The molecule has 6 nitrogen and oxygen atoms in total. The van der Waals surface area contributed by atoms with E-state index in [9.17, 15) is 0 Å². The summed E-state index contributed by atoms with van der Waals surface area (Å²) in [4.78, 5) is 8.37. The molecule has 0 N–H and O–H groups in total. The van der Waals surface area contributed by atoms with Crippen molar-refractivity contribution >= 4 is 10.8 Å². The molecule has 1 aliphatic heterocycles. The minimum Gasteiger partial charge on any atom is -0.488 e. The molecule has 0 aliphatic carbocycles. The lowest BCUT2D eigenvalue weighted by molar-refractivity contribution is 0.0854. The molecular weight excluding hydrogens is 362 g/mol. The van der Waals surface area contributed by atoms with E-state index in [0.29, 0.717) is 0 Å². The van der Waals surface area contributed by atoms with Gasteiger partial charge in [0.25, 0.3) is 0 Å². The molecule has 1 aliphatic rings. The van der Waals surface area contributed by atoms with E-state index < -0.39 is 0 Å². The monoisotopic (exact) mass is 385 g/mol. The van der Waals surface area contributed by atoms with Crippen molar-refractivity contribution in [3.63, 3.8) is 0 Å². The number of pyridine rings is 1. The SMILES string of the molecule is c1ccc(-n2nccn2)c(CN2CCCC(Oc3cccc4cnccc34)C2)c1. The van der Waals surface area contributed by atoms with Crippen LogP contribution in [0.5, 0.6) is 5.75 Å². The van der Waals surface area contributed by atoms with Gasteiger partial charge in [-0.2, -0.15) is 15.0 Å². The number of ether oxygens (including phenoxy) is 1. The summed E-state index contributed by atoms with van der Waals surface area (Å²) in [5.74, 6) is 0.942. The largest absolute Gasteiger partial charge is 0.488 e. The van der Waals surface area contributed by atoms with Crippen LogP contribution in [0.25, 0.3) is 16.5 Å². The van der Waals surface area contributed by atoms with Crippen LogP contribution in [0.4, 0.5) is 0 Å². The van der Waals surface area contributed by atoms with Crippen molar-refractivity contribution in [1.29, 1.82) is 0 Å². The number of hydrogen-bond acceptors (Lipinski definition) is 5. The molecule has 2 aromatic carbocycles. The zero-order valence-corrected chi connectivity index (χ0v) is 16.2. The van der Waals surface area contributed by atoms with Crippen LogP contribution >= 0.6 is 0 Å². The molecule has 0 amide bonds. The van der Waals surface area contributed by atoms with Crippen LogP contribution in [-0.2, 0) is 6.54 Å². The Morgan fingerprint density at radius 1 is 0.966 bits per heavy atom. The van der Waals surface area contributed by atoms with Gasteiger partial charge in [-0.15, -0.1) is 0 Å². The Balaban J connectivity index is 1.32. The smallest absolute Gasteiger partial charge is 0.127 e. The molecule has 6 heteroatoms. The van der Waals surface area contributed by atoms with E-state index in [2.05, 4.69) is 50.4 Å². The van der Waals surface area contributed by atoms with Gasteiger partial charge in [-0.1, -0.05) is 30.3 Å². The third kappa shape index (κ3) is 3.84. The maximum atomic E-state index is 6.44. The Bertz CT molecular complexity index is 1090. The minimum atomic E-state index is 0.178. The number of fused-ring (bicyclic) bond motifs is 1. The Hall–Kier alpha value is -3.25. The molecule has 3 heterocycles. The van der Waals surface area contributed by atoms with Gasteiger partial charge in [0.2, 0.25) is 0 Å². The van der Waals surface area contributed by atoms with Crippen LogP contribution in [-0.4, -0.2) is 44.1 Å². The fourth-order valence-electron chi connectivity index (χ4n) is 4.05. The zero-order chi connectivity index (χ0) is 19.5. The third-order valence-corrected chi connectivity index (χ3v) is 5.42. The first kappa shape index (κ1) is 17.8. The van der Waals surface area contributed by atoms with E-state index in [4.69, 9.17) is 4.74 Å². The van der Waals surface area contributed by atoms with Gasteiger partial charge in [-0.05, 0) is 43.1 Å². The van der Waals surface area contributed by atoms with Gasteiger partial charge < -0.3 is 4.74 Å². The number of hydrogen-bond donors (Lipinski definition) is 0. The van der Waals surface area contributed by atoms with Gasteiger partial charge in [0.1, 0.15) is 11.9 Å². The van der Waals surface area contributed by atoms with Gasteiger partial charge in [0, 0.05) is 36.3 Å². The highest BCUT2D eigenvalue weighted by Gasteiger charge is 2.23. The lowest BCUT2D eigenvalue weighted by Crippen LogP contribution is -2.40. The van der Waals surface area contributed by atoms with E-state index in [0.717, 1.165) is 54.7 Å². The predicted octanol–water partition coefficient (Wildman–Crippen LogP) is 3.86. The molecule has 1 atom stereocenters. The number of rotatable bonds is 5. The van der Waals surface area contributed by atoms with Crippen molar-refractivity contribution in [2.45, 2.75) is 25.5 Å². The number of para-hydroxylation sites is 1. The Kier molecular flexibility index (Phi) is 4.92. The van der Waals surface area contributed by atoms with Crippen LogP contribution in [0.15, 0.2) is 73.3 Å². The van der Waals surface area contributed by atoms with Crippen molar-refractivity contribution in [3.8, 4) is 11.4 Å². The Morgan fingerprint density at radius 2 is 1.86 bits per heavy atom. The highest BCUT2D eigenvalue weighted by molar-refractivity contribution is 5.87. The first-order valence-electron chi connectivity index (χ1n) is 10.0. The van der Waals surface area contributed by atoms with Gasteiger partial charge in [-0.3, -0.25) is 9.88 Å². The average Bonchev–Trinajstić information content (AvgIpc) is 3.30. The summed E-state index contributed by atoms with van der Waals surface area (Å²) in [6.45, 7) is 2.83. The second kappa shape index (κ2) is 8.01. The summed E-state index contributed by atoms with van der Waals surface area (Å²) in [5.41, 5.74) is 2.25. The number of benzene rings is 2. The predicted molar refractivity (Wildman–Crippen MR) is 112 cm³/mol. The normalized spacial score (nSPS) is 17.4. The fourth-order valence-corrected chi connectivity index (χ4v) is 4.05. The molecule has 4 aromatic rings. The molecule has 2 aromatic heterocycles. The summed E-state index contributed by atoms with van der Waals surface area (Å²) >= 11 is 0. The molecule has 0 radical (unpaired) electrons. The molecular formula is C23H23N5O. The van der Waals surface area contributed by atoms with E-state index >= 15 is 0 Å². The lowest BCUT2D eigenvalue weighted by atomic mass is 10.1.